The summed E-state index contributed by atoms with van der Waals surface area (Å²) in [6.45, 7) is 1.71. The van der Waals surface area contributed by atoms with E-state index in [-0.39, 0.29) is 18.3 Å². The molecule has 0 unspecified atom stereocenters. The number of para-hydroxylation sites is 2. The fourth-order valence-corrected chi connectivity index (χ4v) is 1.11. The quantitative estimate of drug-likeness (QED) is 0.310. The molecule has 0 aromatic heterocycles. The second-order valence-corrected chi connectivity index (χ2v) is 3.28. The van der Waals surface area contributed by atoms with Gasteiger partial charge in [-0.1, -0.05) is 24.2 Å². The van der Waals surface area contributed by atoms with Crippen LogP contribution in [0.4, 0.5) is 5.69 Å². The Morgan fingerprint density at radius 1 is 1.53 bits per heavy atom. The second kappa shape index (κ2) is 6.37. The predicted octanol–water partition coefficient (Wildman–Crippen LogP) is 1.16. The third kappa shape index (κ3) is 4.02. The summed E-state index contributed by atoms with van der Waals surface area (Å²) in [5.41, 5.74) is 5.85. The first-order chi connectivity index (χ1) is 8.17. The van der Waals surface area contributed by atoms with Crippen LogP contribution < -0.4 is 15.8 Å². The van der Waals surface area contributed by atoms with Gasteiger partial charge in [0, 0.05) is 6.42 Å². The largest absolute Gasteiger partial charge is 0.483 e. The minimum Gasteiger partial charge on any atom is -0.483 e. The maximum atomic E-state index is 11.3. The van der Waals surface area contributed by atoms with Crippen LogP contribution in [0.2, 0.25) is 0 Å². The molecule has 0 aliphatic rings. The topological polar surface area (TPSA) is 96.9 Å². The van der Waals surface area contributed by atoms with Gasteiger partial charge in [-0.15, -0.1) is 0 Å². The molecule has 0 aliphatic carbocycles. The zero-order valence-electron chi connectivity index (χ0n) is 9.51. The van der Waals surface area contributed by atoms with E-state index in [1.54, 1.807) is 31.2 Å². The van der Waals surface area contributed by atoms with E-state index < -0.39 is 0 Å². The molecule has 0 radical (unpaired) electrons. The second-order valence-electron chi connectivity index (χ2n) is 3.28. The van der Waals surface area contributed by atoms with E-state index in [2.05, 4.69) is 10.5 Å². The van der Waals surface area contributed by atoms with Crippen molar-refractivity contribution in [3.05, 3.63) is 24.3 Å². The van der Waals surface area contributed by atoms with E-state index in [0.717, 1.165) is 0 Å². The standard InChI is InChI=1S/C11H15N3O3/c1-2-11(15)13-8-5-3-4-6-9(8)17-7-10(12)14-16/h3-6,16H,2,7H2,1H3,(H2,12,14)(H,13,15). The van der Waals surface area contributed by atoms with Gasteiger partial charge in [0.1, 0.15) is 12.4 Å². The van der Waals surface area contributed by atoms with E-state index in [1.165, 1.54) is 0 Å². The van der Waals surface area contributed by atoms with Gasteiger partial charge in [0.25, 0.3) is 0 Å². The molecule has 92 valence electrons. The molecule has 0 fully saturated rings. The first kappa shape index (κ1) is 12.8. The van der Waals surface area contributed by atoms with Gasteiger partial charge in [-0.2, -0.15) is 0 Å². The molecule has 0 aliphatic heterocycles. The van der Waals surface area contributed by atoms with Crippen molar-refractivity contribution in [3.8, 4) is 5.75 Å². The number of oxime groups is 1. The molecule has 0 spiro atoms. The molecule has 6 heteroatoms. The molecular formula is C11H15N3O3. The molecule has 17 heavy (non-hydrogen) atoms. The summed E-state index contributed by atoms with van der Waals surface area (Å²) in [5, 5.41) is 13.9. The summed E-state index contributed by atoms with van der Waals surface area (Å²) in [6, 6.07) is 6.95. The van der Waals surface area contributed by atoms with E-state index in [0.29, 0.717) is 17.9 Å². The van der Waals surface area contributed by atoms with Gasteiger partial charge in [0.2, 0.25) is 5.91 Å². The number of amidine groups is 1. The molecule has 1 aromatic rings. The Labute approximate surface area is 99.1 Å². The van der Waals surface area contributed by atoms with Crippen molar-refractivity contribution >= 4 is 17.4 Å². The van der Waals surface area contributed by atoms with Gasteiger partial charge >= 0.3 is 0 Å². The summed E-state index contributed by atoms with van der Waals surface area (Å²) < 4.78 is 5.30. The number of hydrogen-bond acceptors (Lipinski definition) is 4. The van der Waals surface area contributed by atoms with Crippen molar-refractivity contribution in [1.82, 2.24) is 0 Å². The zero-order valence-corrected chi connectivity index (χ0v) is 9.51. The maximum Gasteiger partial charge on any atom is 0.224 e. The minimum absolute atomic E-state index is 0.0402. The van der Waals surface area contributed by atoms with Crippen LogP contribution in [0.1, 0.15) is 13.3 Å². The van der Waals surface area contributed by atoms with Crippen LogP contribution in [0, 0.1) is 0 Å². The third-order valence-electron chi connectivity index (χ3n) is 1.99. The van der Waals surface area contributed by atoms with E-state index in [9.17, 15) is 4.79 Å². The van der Waals surface area contributed by atoms with Gasteiger partial charge < -0.3 is 21.0 Å². The number of amides is 1. The molecule has 0 saturated heterocycles. The summed E-state index contributed by atoms with van der Waals surface area (Å²) >= 11 is 0. The average Bonchev–Trinajstić information content (AvgIpc) is 2.37. The lowest BCUT2D eigenvalue weighted by molar-refractivity contribution is -0.115. The number of carbonyl (C=O) groups is 1. The Balaban J connectivity index is 2.74. The maximum absolute atomic E-state index is 11.3. The number of carbonyl (C=O) groups excluding carboxylic acids is 1. The van der Waals surface area contributed by atoms with Gasteiger partial charge in [0.05, 0.1) is 5.69 Å². The number of nitrogens with zero attached hydrogens (tertiary/aromatic N) is 1. The van der Waals surface area contributed by atoms with E-state index >= 15 is 0 Å². The van der Waals surface area contributed by atoms with E-state index in [4.69, 9.17) is 15.7 Å². The zero-order chi connectivity index (χ0) is 12.7. The fourth-order valence-electron chi connectivity index (χ4n) is 1.11. The fraction of sp³-hybridized carbons (Fsp3) is 0.273. The number of nitrogens with one attached hydrogen (secondary N) is 1. The SMILES string of the molecule is CCC(=O)Nc1ccccc1OC/C(N)=N/O. The number of benzene rings is 1. The van der Waals surface area contributed by atoms with Crippen LogP contribution in [0.5, 0.6) is 5.75 Å². The van der Waals surface area contributed by atoms with Crippen LogP contribution in [-0.2, 0) is 4.79 Å². The van der Waals surface area contributed by atoms with Crippen molar-refractivity contribution in [2.45, 2.75) is 13.3 Å². The molecule has 1 aromatic carbocycles. The molecule has 0 saturated carbocycles. The van der Waals surface area contributed by atoms with Crippen molar-refractivity contribution in [2.24, 2.45) is 10.9 Å². The molecule has 0 bridgehead atoms. The number of rotatable bonds is 5. The Morgan fingerprint density at radius 2 is 2.24 bits per heavy atom. The normalized spacial score (nSPS) is 11.0. The highest BCUT2D eigenvalue weighted by atomic mass is 16.5. The highest BCUT2D eigenvalue weighted by Crippen LogP contribution is 2.23. The molecule has 4 N–H and O–H groups in total. The number of nitrogens with two attached hydrogens (primary N) is 1. The van der Waals surface area contributed by atoms with Crippen LogP contribution in [0.3, 0.4) is 0 Å². The summed E-state index contributed by atoms with van der Waals surface area (Å²) in [4.78, 5) is 11.3. The Morgan fingerprint density at radius 3 is 2.88 bits per heavy atom. The number of anilines is 1. The highest BCUT2D eigenvalue weighted by molar-refractivity contribution is 5.92. The Bertz CT molecular complexity index is 418. The molecule has 1 amide bonds. The smallest absolute Gasteiger partial charge is 0.224 e. The predicted molar refractivity (Wildman–Crippen MR) is 64.3 cm³/mol. The summed E-state index contributed by atoms with van der Waals surface area (Å²) in [7, 11) is 0. The average molecular weight is 237 g/mol. The minimum atomic E-state index is -0.107. The van der Waals surface area contributed by atoms with Crippen LogP contribution in [0.15, 0.2) is 29.4 Å². The number of ether oxygens (including phenoxy) is 1. The summed E-state index contributed by atoms with van der Waals surface area (Å²) in [5.74, 6) is 0.326. The van der Waals surface area contributed by atoms with Crippen molar-refractivity contribution in [2.75, 3.05) is 11.9 Å². The van der Waals surface area contributed by atoms with Gasteiger partial charge in [-0.25, -0.2) is 0 Å². The van der Waals surface area contributed by atoms with Crippen molar-refractivity contribution in [3.63, 3.8) is 0 Å². The van der Waals surface area contributed by atoms with Crippen LogP contribution in [0.25, 0.3) is 0 Å². The summed E-state index contributed by atoms with van der Waals surface area (Å²) in [6.07, 6.45) is 0.384. The molecule has 0 atom stereocenters. The van der Waals surface area contributed by atoms with Gasteiger partial charge in [-0.3, -0.25) is 4.79 Å². The van der Waals surface area contributed by atoms with Gasteiger partial charge in [-0.05, 0) is 12.1 Å². The first-order valence-corrected chi connectivity index (χ1v) is 5.15. The van der Waals surface area contributed by atoms with Crippen LogP contribution in [-0.4, -0.2) is 23.6 Å². The van der Waals surface area contributed by atoms with Gasteiger partial charge in [0.15, 0.2) is 5.84 Å². The third-order valence-corrected chi connectivity index (χ3v) is 1.99. The molecule has 6 nitrogen and oxygen atoms in total. The Kier molecular flexibility index (Phi) is 4.80. The molecule has 1 rings (SSSR count). The lowest BCUT2D eigenvalue weighted by Crippen LogP contribution is -2.21. The highest BCUT2D eigenvalue weighted by Gasteiger charge is 2.06. The molecular weight excluding hydrogens is 222 g/mol. The van der Waals surface area contributed by atoms with E-state index in [1.807, 2.05) is 0 Å². The van der Waals surface area contributed by atoms with Crippen LogP contribution >= 0.6 is 0 Å². The van der Waals surface area contributed by atoms with Crippen molar-refractivity contribution < 1.29 is 14.7 Å². The molecule has 0 heterocycles. The lowest BCUT2D eigenvalue weighted by atomic mass is 10.3. The Hall–Kier alpha value is -2.24. The van der Waals surface area contributed by atoms with Crippen molar-refractivity contribution in [1.29, 1.82) is 0 Å². The lowest BCUT2D eigenvalue weighted by Gasteiger charge is -2.11. The number of hydrogen-bond donors (Lipinski definition) is 3. The monoisotopic (exact) mass is 237 g/mol. The first-order valence-electron chi connectivity index (χ1n) is 5.15.